The fourth-order valence-corrected chi connectivity index (χ4v) is 7.33. The van der Waals surface area contributed by atoms with E-state index in [0.29, 0.717) is 0 Å². The van der Waals surface area contributed by atoms with Gasteiger partial charge in [0, 0.05) is 18.0 Å². The second kappa shape index (κ2) is 11.0. The molecule has 0 unspecified atom stereocenters. The van der Waals surface area contributed by atoms with E-state index >= 15 is 0 Å². The highest BCUT2D eigenvalue weighted by atomic mass is 14.8. The maximum atomic E-state index is 4.79. The van der Waals surface area contributed by atoms with Crippen LogP contribution in [0.1, 0.15) is 5.56 Å². The Hall–Kier alpha value is -6.12. The van der Waals surface area contributed by atoms with Crippen molar-refractivity contribution in [2.45, 2.75) is 6.92 Å². The Labute approximate surface area is 273 Å². The molecule has 2 heteroatoms. The minimum Gasteiger partial charge on any atom is -0.255 e. The second-order valence-corrected chi connectivity index (χ2v) is 12.2. The van der Waals surface area contributed by atoms with E-state index in [1.165, 1.54) is 70.9 Å². The molecule has 0 atom stereocenters. The number of fused-ring (bicyclic) bond motifs is 4. The second-order valence-electron chi connectivity index (χ2n) is 12.2. The molecule has 2 nitrogen and oxygen atoms in total. The highest BCUT2D eigenvalue weighted by molar-refractivity contribution is 6.24. The lowest BCUT2D eigenvalue weighted by molar-refractivity contribution is 1.25. The molecule has 2 heterocycles. The summed E-state index contributed by atoms with van der Waals surface area (Å²) < 4.78 is 0. The molecule has 0 saturated heterocycles. The van der Waals surface area contributed by atoms with Crippen LogP contribution < -0.4 is 0 Å². The van der Waals surface area contributed by atoms with Gasteiger partial charge in [-0.2, -0.15) is 0 Å². The summed E-state index contributed by atoms with van der Waals surface area (Å²) in [6, 6.07) is 54.9. The number of nitrogens with zero attached hydrogens (tertiary/aromatic N) is 2. The van der Waals surface area contributed by atoms with Gasteiger partial charge >= 0.3 is 0 Å². The van der Waals surface area contributed by atoms with Crippen LogP contribution in [0.15, 0.2) is 164 Å². The monoisotopic (exact) mass is 598 g/mol. The van der Waals surface area contributed by atoms with Gasteiger partial charge in [0.2, 0.25) is 0 Å². The molecule has 220 valence electrons. The Morgan fingerprint density at radius 1 is 0.383 bits per heavy atom. The normalized spacial score (nSPS) is 11.5. The Balaban J connectivity index is 1.33. The van der Waals surface area contributed by atoms with Crippen molar-refractivity contribution in [2.75, 3.05) is 0 Å². The average molecular weight is 599 g/mol. The van der Waals surface area contributed by atoms with Crippen LogP contribution in [0.3, 0.4) is 0 Å². The smallest absolute Gasteiger partial charge is 0.0964 e. The lowest BCUT2D eigenvalue weighted by Crippen LogP contribution is -1.94. The summed E-state index contributed by atoms with van der Waals surface area (Å²) >= 11 is 0. The minimum absolute atomic E-state index is 0.868. The predicted octanol–water partition coefficient (Wildman–Crippen LogP) is 12.1. The molecule has 0 radical (unpaired) electrons. The van der Waals surface area contributed by atoms with Gasteiger partial charge in [-0.1, -0.05) is 133 Å². The van der Waals surface area contributed by atoms with Crippen molar-refractivity contribution in [1.82, 2.24) is 9.97 Å². The van der Waals surface area contributed by atoms with Gasteiger partial charge in [-0.15, -0.1) is 0 Å². The highest BCUT2D eigenvalue weighted by Gasteiger charge is 2.20. The van der Waals surface area contributed by atoms with Crippen LogP contribution >= 0.6 is 0 Å². The van der Waals surface area contributed by atoms with Crippen molar-refractivity contribution in [2.24, 2.45) is 0 Å². The van der Waals surface area contributed by atoms with E-state index in [-0.39, 0.29) is 0 Å². The Morgan fingerprint density at radius 3 is 1.66 bits per heavy atom. The van der Waals surface area contributed by atoms with Crippen LogP contribution in [0.5, 0.6) is 0 Å². The van der Waals surface area contributed by atoms with E-state index in [2.05, 4.69) is 139 Å². The van der Waals surface area contributed by atoms with Crippen molar-refractivity contribution < 1.29 is 0 Å². The summed E-state index contributed by atoms with van der Waals surface area (Å²) in [6.07, 6.45) is 3.67. The number of rotatable bonds is 4. The van der Waals surface area contributed by atoms with Crippen molar-refractivity contribution in [3.63, 3.8) is 0 Å². The van der Waals surface area contributed by atoms with Gasteiger partial charge in [-0.3, -0.25) is 9.97 Å². The average Bonchev–Trinajstić information content (AvgIpc) is 3.14. The van der Waals surface area contributed by atoms with Gasteiger partial charge in [0.1, 0.15) is 0 Å². The molecule has 0 aliphatic heterocycles. The molecule has 0 aliphatic rings. The van der Waals surface area contributed by atoms with Gasteiger partial charge in [0.15, 0.2) is 0 Å². The third kappa shape index (κ3) is 4.49. The van der Waals surface area contributed by atoms with Gasteiger partial charge < -0.3 is 0 Å². The number of aryl methyl sites for hydroxylation is 1. The van der Waals surface area contributed by atoms with Crippen molar-refractivity contribution in [3.8, 4) is 44.8 Å². The van der Waals surface area contributed by atoms with Gasteiger partial charge in [0.25, 0.3) is 0 Å². The number of pyridine rings is 2. The predicted molar refractivity (Wildman–Crippen MR) is 199 cm³/mol. The van der Waals surface area contributed by atoms with E-state index in [4.69, 9.17) is 4.98 Å². The summed E-state index contributed by atoms with van der Waals surface area (Å²) in [7, 11) is 0. The lowest BCUT2D eigenvalue weighted by atomic mass is 9.83. The number of hydrogen-bond acceptors (Lipinski definition) is 2. The summed E-state index contributed by atoms with van der Waals surface area (Å²) in [4.78, 5) is 9.43. The lowest BCUT2D eigenvalue weighted by Gasteiger charge is -2.20. The van der Waals surface area contributed by atoms with Crippen LogP contribution in [0.2, 0.25) is 0 Å². The van der Waals surface area contributed by atoms with Crippen LogP contribution in [0, 0.1) is 6.92 Å². The first-order valence-corrected chi connectivity index (χ1v) is 16.1. The first-order valence-electron chi connectivity index (χ1n) is 16.1. The molecule has 0 spiro atoms. The molecule has 9 aromatic rings. The molecule has 7 aromatic carbocycles. The fourth-order valence-electron chi connectivity index (χ4n) is 7.33. The molecule has 0 bridgehead atoms. The molecular formula is C45H30N2. The quantitative estimate of drug-likeness (QED) is 0.188. The first-order chi connectivity index (χ1) is 23.2. The van der Waals surface area contributed by atoms with Gasteiger partial charge in [0.05, 0.1) is 11.4 Å². The SMILES string of the molecule is Cc1ccc2cc(-c3c4ccccc4c(-c4ccc(-c5cccnc5-c5ccccn5)c5ccccc45)c4ccccc34)ccc2c1. The van der Waals surface area contributed by atoms with E-state index in [0.717, 1.165) is 22.5 Å². The van der Waals surface area contributed by atoms with E-state index in [1.807, 2.05) is 36.7 Å². The molecule has 0 N–H and O–H groups in total. The van der Waals surface area contributed by atoms with Crippen LogP contribution in [0.25, 0.3) is 87.9 Å². The summed E-state index contributed by atoms with van der Waals surface area (Å²) in [5.41, 5.74) is 10.2. The number of aromatic nitrogens is 2. The van der Waals surface area contributed by atoms with E-state index < -0.39 is 0 Å². The zero-order valence-corrected chi connectivity index (χ0v) is 26.0. The van der Waals surface area contributed by atoms with E-state index in [1.54, 1.807) is 0 Å². The third-order valence-corrected chi connectivity index (χ3v) is 9.41. The molecule has 47 heavy (non-hydrogen) atoms. The Morgan fingerprint density at radius 2 is 0.957 bits per heavy atom. The highest BCUT2D eigenvalue weighted by Crippen LogP contribution is 2.47. The summed E-state index contributed by atoms with van der Waals surface area (Å²) in [5.74, 6) is 0. The third-order valence-electron chi connectivity index (χ3n) is 9.41. The molecule has 0 fully saturated rings. The number of benzene rings is 7. The summed E-state index contributed by atoms with van der Waals surface area (Å²) in [5, 5.41) is 9.94. The van der Waals surface area contributed by atoms with Crippen molar-refractivity contribution in [1.29, 1.82) is 0 Å². The van der Waals surface area contributed by atoms with Crippen molar-refractivity contribution >= 4 is 43.1 Å². The molecule has 0 saturated carbocycles. The largest absolute Gasteiger partial charge is 0.255 e. The van der Waals surface area contributed by atoms with E-state index in [9.17, 15) is 0 Å². The Bertz CT molecular complexity index is 2580. The molecule has 0 aliphatic carbocycles. The maximum Gasteiger partial charge on any atom is 0.0964 e. The number of hydrogen-bond donors (Lipinski definition) is 0. The van der Waals surface area contributed by atoms with Crippen LogP contribution in [0.4, 0.5) is 0 Å². The fraction of sp³-hybridized carbons (Fsp3) is 0.0222. The van der Waals surface area contributed by atoms with Crippen molar-refractivity contribution in [3.05, 3.63) is 170 Å². The molecule has 2 aromatic heterocycles. The summed E-state index contributed by atoms with van der Waals surface area (Å²) in [6.45, 7) is 2.15. The first kappa shape index (κ1) is 27.2. The zero-order chi connectivity index (χ0) is 31.3. The minimum atomic E-state index is 0.868. The maximum absolute atomic E-state index is 4.79. The molecular weight excluding hydrogens is 569 g/mol. The molecule has 0 amide bonds. The van der Waals surface area contributed by atoms with Gasteiger partial charge in [-0.05, 0) is 102 Å². The Kier molecular flexibility index (Phi) is 6.39. The zero-order valence-electron chi connectivity index (χ0n) is 26.0. The molecule has 9 rings (SSSR count). The standard InChI is InChI=1S/C45H30N2/c1-29-19-20-31-28-32(22-21-30(31)27-29)43-36-13-4-6-15-38(36)44(39-16-7-5-14-37(39)43)40-24-23-35(33-11-2-3-12-34(33)40)41-17-10-26-47-45(41)42-18-8-9-25-46-42/h2-28H,1H3. The topological polar surface area (TPSA) is 25.8 Å². The van der Waals surface area contributed by atoms with Crippen LogP contribution in [-0.2, 0) is 0 Å². The van der Waals surface area contributed by atoms with Crippen LogP contribution in [-0.4, -0.2) is 9.97 Å². The van der Waals surface area contributed by atoms with Gasteiger partial charge in [-0.25, -0.2) is 0 Å².